The summed E-state index contributed by atoms with van der Waals surface area (Å²) in [6.45, 7) is 6.33. The number of ether oxygens (including phenoxy) is 1. The molecule has 1 aromatic carbocycles. The lowest BCUT2D eigenvalue weighted by molar-refractivity contribution is -0.148. The highest BCUT2D eigenvalue weighted by Gasteiger charge is 2.30. The average molecular weight is 450 g/mol. The monoisotopic (exact) mass is 449 g/mol. The Kier molecular flexibility index (Phi) is 6.91. The lowest BCUT2D eigenvalue weighted by atomic mass is 9.93. The summed E-state index contributed by atoms with van der Waals surface area (Å²) in [4.78, 5) is 36.3. The van der Waals surface area contributed by atoms with Gasteiger partial charge in [0.05, 0.1) is 24.2 Å². The van der Waals surface area contributed by atoms with Crippen LogP contribution >= 0.6 is 0 Å². The molecule has 1 aliphatic rings. The third-order valence-electron chi connectivity index (χ3n) is 6.44. The van der Waals surface area contributed by atoms with Crippen molar-refractivity contribution in [3.63, 3.8) is 0 Å². The predicted octanol–water partition coefficient (Wildman–Crippen LogP) is 3.30. The maximum atomic E-state index is 13.1. The van der Waals surface area contributed by atoms with E-state index in [0.717, 1.165) is 41.8 Å². The van der Waals surface area contributed by atoms with Gasteiger partial charge in [0.25, 0.3) is 0 Å². The van der Waals surface area contributed by atoms with Gasteiger partial charge < -0.3 is 19.9 Å². The fraction of sp³-hybridized carbons (Fsp3) is 0.440. The van der Waals surface area contributed by atoms with E-state index in [-0.39, 0.29) is 24.9 Å². The minimum atomic E-state index is -0.621. The number of pyridine rings is 1. The number of nitrogens with zero attached hydrogens (tertiary/aromatic N) is 4. The maximum absolute atomic E-state index is 13.1. The number of imidazole rings is 1. The highest BCUT2D eigenvalue weighted by Crippen LogP contribution is 2.27. The Bertz CT molecular complexity index is 1120. The number of aromatic nitrogens is 3. The number of hydrogen-bond donors (Lipinski definition) is 1. The first kappa shape index (κ1) is 22.8. The van der Waals surface area contributed by atoms with Crippen LogP contribution in [0.5, 0.6) is 0 Å². The number of esters is 1. The SMILES string of the molecule is CCOC(=O)C(CC(=O)N1CCC(Cn2c(C)nc3cnccc32)CC1)c1ccc(N)cc1. The highest BCUT2D eigenvalue weighted by molar-refractivity contribution is 5.87. The second-order valence-electron chi connectivity index (χ2n) is 8.63. The summed E-state index contributed by atoms with van der Waals surface area (Å²) in [6, 6.07) is 9.08. The fourth-order valence-electron chi connectivity index (χ4n) is 4.57. The van der Waals surface area contributed by atoms with Crippen molar-refractivity contribution >= 4 is 28.6 Å². The predicted molar refractivity (Wildman–Crippen MR) is 126 cm³/mol. The number of nitrogens with two attached hydrogens (primary N) is 1. The van der Waals surface area contributed by atoms with Crippen molar-refractivity contribution in [2.45, 2.75) is 45.6 Å². The number of anilines is 1. The van der Waals surface area contributed by atoms with Crippen molar-refractivity contribution in [1.82, 2.24) is 19.4 Å². The largest absolute Gasteiger partial charge is 0.466 e. The Morgan fingerprint density at radius 1 is 1.18 bits per heavy atom. The Morgan fingerprint density at radius 3 is 2.61 bits per heavy atom. The molecule has 174 valence electrons. The first-order chi connectivity index (χ1) is 16.0. The molecule has 8 heteroatoms. The summed E-state index contributed by atoms with van der Waals surface area (Å²) in [6.07, 6.45) is 5.53. The third-order valence-corrected chi connectivity index (χ3v) is 6.44. The molecule has 0 bridgehead atoms. The zero-order valence-electron chi connectivity index (χ0n) is 19.2. The summed E-state index contributed by atoms with van der Waals surface area (Å²) in [5.41, 5.74) is 9.16. The van der Waals surface area contributed by atoms with Gasteiger partial charge in [-0.25, -0.2) is 4.98 Å². The number of rotatable bonds is 7. The van der Waals surface area contributed by atoms with Gasteiger partial charge >= 0.3 is 5.97 Å². The van der Waals surface area contributed by atoms with Crippen molar-refractivity contribution < 1.29 is 14.3 Å². The van der Waals surface area contributed by atoms with Crippen molar-refractivity contribution in [3.05, 3.63) is 54.1 Å². The van der Waals surface area contributed by atoms with E-state index in [4.69, 9.17) is 10.5 Å². The Balaban J connectivity index is 1.38. The lowest BCUT2D eigenvalue weighted by Crippen LogP contribution is -2.40. The molecule has 1 saturated heterocycles. The molecule has 1 fully saturated rings. The van der Waals surface area contributed by atoms with Gasteiger partial charge in [-0.15, -0.1) is 0 Å². The molecule has 8 nitrogen and oxygen atoms in total. The number of aryl methyl sites for hydroxylation is 1. The van der Waals surface area contributed by atoms with Crippen LogP contribution in [0.1, 0.15) is 43.5 Å². The van der Waals surface area contributed by atoms with Gasteiger partial charge in [0, 0.05) is 37.9 Å². The van der Waals surface area contributed by atoms with Gasteiger partial charge in [0.15, 0.2) is 0 Å². The van der Waals surface area contributed by atoms with Crippen LogP contribution in [0.2, 0.25) is 0 Å². The van der Waals surface area contributed by atoms with E-state index in [0.29, 0.717) is 24.7 Å². The van der Waals surface area contributed by atoms with Crippen LogP contribution in [0.3, 0.4) is 0 Å². The van der Waals surface area contributed by atoms with Gasteiger partial charge in [-0.3, -0.25) is 14.6 Å². The number of benzene rings is 1. The summed E-state index contributed by atoms with van der Waals surface area (Å²) < 4.78 is 7.49. The molecular weight excluding hydrogens is 418 g/mol. The highest BCUT2D eigenvalue weighted by atomic mass is 16.5. The summed E-state index contributed by atoms with van der Waals surface area (Å²) in [7, 11) is 0. The van der Waals surface area contributed by atoms with Crippen LogP contribution in [-0.2, 0) is 20.9 Å². The topological polar surface area (TPSA) is 103 Å². The van der Waals surface area contributed by atoms with Crippen LogP contribution in [-0.4, -0.2) is 51.0 Å². The van der Waals surface area contributed by atoms with Crippen molar-refractivity contribution in [2.24, 2.45) is 5.92 Å². The van der Waals surface area contributed by atoms with Crippen molar-refractivity contribution in [2.75, 3.05) is 25.4 Å². The summed E-state index contributed by atoms with van der Waals surface area (Å²) in [5, 5.41) is 0. The molecule has 1 aliphatic heterocycles. The van der Waals surface area contributed by atoms with Crippen LogP contribution in [0.4, 0.5) is 5.69 Å². The zero-order chi connectivity index (χ0) is 23.4. The molecular formula is C25H31N5O3. The summed E-state index contributed by atoms with van der Waals surface area (Å²) >= 11 is 0. The number of carbonyl (C=O) groups excluding carboxylic acids is 2. The fourth-order valence-corrected chi connectivity index (χ4v) is 4.57. The smallest absolute Gasteiger partial charge is 0.313 e. The molecule has 0 spiro atoms. The van der Waals surface area contributed by atoms with E-state index in [1.54, 1.807) is 43.6 Å². The van der Waals surface area contributed by atoms with Gasteiger partial charge in [-0.2, -0.15) is 0 Å². The molecule has 1 unspecified atom stereocenters. The normalized spacial score (nSPS) is 15.5. The van der Waals surface area contributed by atoms with E-state index in [9.17, 15) is 9.59 Å². The number of nitrogen functional groups attached to an aromatic ring is 1. The second kappa shape index (κ2) is 10.0. The number of hydrogen-bond acceptors (Lipinski definition) is 6. The minimum absolute atomic E-state index is 0.0151. The quantitative estimate of drug-likeness (QED) is 0.438. The molecule has 0 radical (unpaired) electrons. The number of carbonyl (C=O) groups is 2. The van der Waals surface area contributed by atoms with Crippen molar-refractivity contribution in [3.8, 4) is 0 Å². The number of fused-ring (bicyclic) bond motifs is 1. The van der Waals surface area contributed by atoms with Crippen LogP contribution in [0.25, 0.3) is 11.0 Å². The molecule has 3 aromatic rings. The van der Waals surface area contributed by atoms with E-state index in [2.05, 4.69) is 14.5 Å². The minimum Gasteiger partial charge on any atom is -0.466 e. The molecule has 4 rings (SSSR count). The number of likely N-dealkylation sites (tertiary alicyclic amines) is 1. The molecule has 1 amide bonds. The zero-order valence-corrected chi connectivity index (χ0v) is 19.2. The Labute approximate surface area is 193 Å². The standard InChI is InChI=1S/C25H31N5O3/c1-3-33-25(32)21(19-4-6-20(26)7-5-19)14-24(31)29-12-9-18(10-13-29)16-30-17(2)28-22-15-27-11-8-23(22)30/h4-8,11,15,18,21H,3,9-10,12-14,16,26H2,1-2H3. The second-order valence-corrected chi connectivity index (χ2v) is 8.63. The van der Waals surface area contributed by atoms with E-state index >= 15 is 0 Å². The Morgan fingerprint density at radius 2 is 1.91 bits per heavy atom. The lowest BCUT2D eigenvalue weighted by Gasteiger charge is -2.33. The van der Waals surface area contributed by atoms with Gasteiger partial charge in [-0.05, 0) is 56.4 Å². The molecule has 0 saturated carbocycles. The van der Waals surface area contributed by atoms with Crippen molar-refractivity contribution in [1.29, 1.82) is 0 Å². The molecule has 3 heterocycles. The van der Waals surface area contributed by atoms with Gasteiger partial charge in [0.1, 0.15) is 11.3 Å². The number of amides is 1. The average Bonchev–Trinajstić information content (AvgIpc) is 3.13. The molecule has 33 heavy (non-hydrogen) atoms. The van der Waals surface area contributed by atoms with E-state index in [1.807, 2.05) is 17.9 Å². The van der Waals surface area contributed by atoms with Gasteiger partial charge in [0.2, 0.25) is 5.91 Å². The van der Waals surface area contributed by atoms with E-state index in [1.165, 1.54) is 0 Å². The first-order valence-electron chi connectivity index (χ1n) is 11.5. The molecule has 0 aliphatic carbocycles. The van der Waals surface area contributed by atoms with Crippen LogP contribution in [0, 0.1) is 12.8 Å². The van der Waals surface area contributed by atoms with Crippen LogP contribution in [0.15, 0.2) is 42.7 Å². The van der Waals surface area contributed by atoms with Crippen LogP contribution < -0.4 is 5.73 Å². The number of piperidine rings is 1. The maximum Gasteiger partial charge on any atom is 0.313 e. The third kappa shape index (κ3) is 5.16. The molecule has 2 aromatic heterocycles. The molecule has 1 atom stereocenters. The first-order valence-corrected chi connectivity index (χ1v) is 11.5. The van der Waals surface area contributed by atoms with E-state index < -0.39 is 5.92 Å². The molecule has 2 N–H and O–H groups in total. The van der Waals surface area contributed by atoms with Gasteiger partial charge in [-0.1, -0.05) is 12.1 Å². The summed E-state index contributed by atoms with van der Waals surface area (Å²) in [5.74, 6) is 0.444. The Hall–Kier alpha value is -3.42.